The zero-order valence-corrected chi connectivity index (χ0v) is 20.3. The van der Waals surface area contributed by atoms with E-state index in [0.29, 0.717) is 30.3 Å². The Balaban J connectivity index is 1.23. The zero-order chi connectivity index (χ0) is 24.8. The summed E-state index contributed by atoms with van der Waals surface area (Å²) in [6.45, 7) is 1.74. The number of fused-ring (bicyclic) bond motifs is 1. The van der Waals surface area contributed by atoms with Gasteiger partial charge in [0.05, 0.1) is 32.3 Å². The van der Waals surface area contributed by atoms with Crippen LogP contribution < -0.4 is 4.74 Å². The topological polar surface area (TPSA) is 104 Å². The van der Waals surface area contributed by atoms with Crippen molar-refractivity contribution in [1.82, 2.24) is 24.1 Å². The molecule has 3 aromatic heterocycles. The Kier molecular flexibility index (Phi) is 5.44. The van der Waals surface area contributed by atoms with Gasteiger partial charge in [-0.1, -0.05) is 28.5 Å². The van der Waals surface area contributed by atoms with Gasteiger partial charge in [0.15, 0.2) is 16.1 Å². The third-order valence-electron chi connectivity index (χ3n) is 6.22. The maximum atomic E-state index is 12.1. The molecule has 4 heterocycles. The van der Waals surface area contributed by atoms with Gasteiger partial charge < -0.3 is 14.0 Å². The molecular formula is C26H24N5O4S+. The van der Waals surface area contributed by atoms with Crippen LogP contribution in [0.15, 0.2) is 90.7 Å². The molecule has 1 N–H and O–H groups in total. The van der Waals surface area contributed by atoms with Crippen molar-refractivity contribution >= 4 is 15.9 Å². The zero-order valence-electron chi connectivity index (χ0n) is 19.5. The molecular weight excluding hydrogens is 478 g/mol. The number of hydrogen-bond acceptors (Lipinski definition) is 6. The van der Waals surface area contributed by atoms with Gasteiger partial charge in [0, 0.05) is 42.0 Å². The van der Waals surface area contributed by atoms with Crippen LogP contribution >= 0.6 is 0 Å². The van der Waals surface area contributed by atoms with Gasteiger partial charge in [0.1, 0.15) is 12.0 Å². The average Bonchev–Trinajstić information content (AvgIpc) is 3.52. The van der Waals surface area contributed by atoms with E-state index in [9.17, 15) is 8.76 Å². The molecule has 1 atom stereocenters. The summed E-state index contributed by atoms with van der Waals surface area (Å²) in [5, 5.41) is 4.47. The van der Waals surface area contributed by atoms with Crippen LogP contribution in [0.5, 0.6) is 5.75 Å². The van der Waals surface area contributed by atoms with Crippen LogP contribution in [-0.2, 0) is 25.7 Å². The third-order valence-corrected chi connectivity index (χ3v) is 7.35. The van der Waals surface area contributed by atoms with Crippen molar-refractivity contribution in [2.45, 2.75) is 17.0 Å². The fraction of sp³-hybridized carbons (Fsp3) is 0.192. The van der Waals surface area contributed by atoms with Crippen LogP contribution in [0.1, 0.15) is 0 Å². The number of imidazole rings is 1. The first-order valence-electron chi connectivity index (χ1n) is 11.4. The maximum Gasteiger partial charge on any atom is 0.244 e. The average molecular weight is 503 g/mol. The Bertz CT molecular complexity index is 1570. The Hall–Kier alpha value is -3.86. The van der Waals surface area contributed by atoms with Crippen LogP contribution in [0.25, 0.3) is 27.9 Å². The van der Waals surface area contributed by atoms with Gasteiger partial charge in [-0.2, -0.15) is 9.65 Å². The minimum absolute atomic E-state index is 0.374. The lowest BCUT2D eigenvalue weighted by Gasteiger charge is -2.41. The molecule has 0 radical (unpaired) electrons. The molecule has 1 fully saturated rings. The fourth-order valence-corrected chi connectivity index (χ4v) is 4.99. The highest BCUT2D eigenvalue weighted by atomic mass is 32.3. The second-order valence-corrected chi connectivity index (χ2v) is 11.1. The third kappa shape index (κ3) is 4.30. The second-order valence-electron chi connectivity index (χ2n) is 9.04. The van der Waals surface area contributed by atoms with E-state index < -0.39 is 15.8 Å². The summed E-state index contributed by atoms with van der Waals surface area (Å²) < 4.78 is 37.5. The van der Waals surface area contributed by atoms with E-state index in [4.69, 9.17) is 9.47 Å². The predicted molar refractivity (Wildman–Crippen MR) is 135 cm³/mol. The van der Waals surface area contributed by atoms with Gasteiger partial charge in [0.2, 0.25) is 10.2 Å². The van der Waals surface area contributed by atoms with E-state index in [0.717, 1.165) is 28.0 Å². The summed E-state index contributed by atoms with van der Waals surface area (Å²) >= 11 is 0. The van der Waals surface area contributed by atoms with Crippen LogP contribution in [-0.4, -0.2) is 53.8 Å². The highest BCUT2D eigenvalue weighted by Crippen LogP contribution is 2.31. The summed E-state index contributed by atoms with van der Waals surface area (Å²) in [6, 6.07) is 14.9. The first-order chi connectivity index (χ1) is 17.4. The molecule has 0 amide bonds. The molecule has 6 rings (SSSR count). The van der Waals surface area contributed by atoms with E-state index in [-0.39, 0.29) is 0 Å². The van der Waals surface area contributed by atoms with Crippen LogP contribution in [0.3, 0.4) is 0 Å². The van der Waals surface area contributed by atoms with Gasteiger partial charge in [-0.05, 0) is 29.3 Å². The molecule has 0 spiro atoms. The molecule has 36 heavy (non-hydrogen) atoms. The van der Waals surface area contributed by atoms with Crippen molar-refractivity contribution in [2.75, 3.05) is 19.5 Å². The molecule has 2 aromatic carbocycles. The number of benzene rings is 2. The van der Waals surface area contributed by atoms with Gasteiger partial charge in [-0.25, -0.2) is 14.5 Å². The van der Waals surface area contributed by atoms with Gasteiger partial charge in [0.25, 0.3) is 0 Å². The molecule has 1 aliphatic rings. The normalized spacial score (nSPS) is 16.4. The fourth-order valence-electron chi connectivity index (χ4n) is 4.32. The van der Waals surface area contributed by atoms with E-state index in [1.807, 2.05) is 47.3 Å². The smallest absolute Gasteiger partial charge is 0.244 e. The van der Waals surface area contributed by atoms with E-state index in [2.05, 4.69) is 15.1 Å². The van der Waals surface area contributed by atoms with Gasteiger partial charge in [-0.3, -0.25) is 0 Å². The van der Waals surface area contributed by atoms with Crippen molar-refractivity contribution < 1.29 is 18.2 Å². The van der Waals surface area contributed by atoms with E-state index in [1.54, 1.807) is 47.6 Å². The van der Waals surface area contributed by atoms with Crippen LogP contribution in [0, 0.1) is 0 Å². The number of aromatic nitrogens is 5. The molecule has 0 saturated carbocycles. The molecule has 182 valence electrons. The Labute approximate surface area is 208 Å². The number of ether oxygens (including phenoxy) is 2. The molecule has 10 heteroatoms. The van der Waals surface area contributed by atoms with Crippen molar-refractivity contribution in [3.63, 3.8) is 0 Å². The van der Waals surface area contributed by atoms with Gasteiger partial charge in [-0.15, -0.1) is 0 Å². The van der Waals surface area contributed by atoms with Crippen molar-refractivity contribution in [2.24, 2.45) is 0 Å². The monoisotopic (exact) mass is 502 g/mol. The Morgan fingerprint density at radius 3 is 2.64 bits per heavy atom. The van der Waals surface area contributed by atoms with Crippen LogP contribution in [0.2, 0.25) is 0 Å². The largest absolute Gasteiger partial charge is 0.481 e. The van der Waals surface area contributed by atoms with Crippen molar-refractivity contribution in [1.29, 1.82) is 0 Å². The summed E-state index contributed by atoms with van der Waals surface area (Å²) in [5.74, 6) is 0.772. The Morgan fingerprint density at radius 2 is 1.94 bits per heavy atom. The molecule has 1 unspecified atom stereocenters. The molecule has 0 bridgehead atoms. The lowest BCUT2D eigenvalue weighted by Crippen LogP contribution is -2.57. The number of rotatable bonds is 7. The van der Waals surface area contributed by atoms with Gasteiger partial charge >= 0.3 is 0 Å². The van der Waals surface area contributed by atoms with Crippen molar-refractivity contribution in [3.8, 4) is 28.0 Å². The van der Waals surface area contributed by atoms with E-state index >= 15 is 0 Å². The Morgan fingerprint density at radius 1 is 1.11 bits per heavy atom. The molecule has 1 aliphatic heterocycles. The highest BCUT2D eigenvalue weighted by Gasteiger charge is 2.41. The SMILES string of the molecule is C[S+](=O)(O)c1cccc(-c2cnn3cc(-c4ccc(OC5(Cn6ccnc6)COC5)cc4)cnc23)c1. The minimum atomic E-state index is -3.06. The molecule has 5 aromatic rings. The summed E-state index contributed by atoms with van der Waals surface area (Å²) in [4.78, 5) is 9.12. The highest BCUT2D eigenvalue weighted by molar-refractivity contribution is 7.97. The lowest BCUT2D eigenvalue weighted by molar-refractivity contribution is -0.168. The molecule has 9 nitrogen and oxygen atoms in total. The molecule has 1 saturated heterocycles. The maximum absolute atomic E-state index is 12.1. The lowest BCUT2D eigenvalue weighted by atomic mass is 10.0. The second kappa shape index (κ2) is 8.66. The summed E-state index contributed by atoms with van der Waals surface area (Å²) in [5.41, 5.74) is 3.74. The van der Waals surface area contributed by atoms with E-state index in [1.165, 1.54) is 6.26 Å². The minimum Gasteiger partial charge on any atom is -0.481 e. The quantitative estimate of drug-likeness (QED) is 0.335. The number of hydrogen-bond donors (Lipinski definition) is 1. The van der Waals surface area contributed by atoms with Crippen LogP contribution in [0.4, 0.5) is 0 Å². The summed E-state index contributed by atoms with van der Waals surface area (Å²) in [6.07, 6.45) is 12.2. The first-order valence-corrected chi connectivity index (χ1v) is 13.3. The molecule has 0 aliphatic carbocycles. The number of nitrogens with zero attached hydrogens (tertiary/aromatic N) is 5. The first kappa shape index (κ1) is 22.6. The van der Waals surface area contributed by atoms with Crippen molar-refractivity contribution in [3.05, 3.63) is 85.8 Å². The predicted octanol–water partition coefficient (Wildman–Crippen LogP) is 4.07. The standard InChI is InChI=1S/C26H23N5O4S/c1-36(32,33)23-4-2-3-20(11-23)24-13-29-31-14-21(12-28-25(24)31)19-5-7-22(8-6-19)35-26(16-34-17-26)15-30-10-9-27-18-30/h2-14,18H,15-17H2,1H3/p+1. The summed E-state index contributed by atoms with van der Waals surface area (Å²) in [7, 11) is -3.06.